The van der Waals surface area contributed by atoms with Crippen molar-refractivity contribution in [2.75, 3.05) is 25.5 Å². The van der Waals surface area contributed by atoms with Gasteiger partial charge in [0.05, 0.1) is 17.1 Å². The van der Waals surface area contributed by atoms with Gasteiger partial charge in [-0.25, -0.2) is 9.48 Å². The summed E-state index contributed by atoms with van der Waals surface area (Å²) in [6, 6.07) is 26.7. The van der Waals surface area contributed by atoms with Crippen LogP contribution in [0.3, 0.4) is 0 Å². The average molecular weight is 522 g/mol. The van der Waals surface area contributed by atoms with Crippen LogP contribution in [0.25, 0.3) is 28.1 Å². The molecule has 4 aromatic rings. The van der Waals surface area contributed by atoms with Crippen LogP contribution in [0.15, 0.2) is 78.9 Å². The zero-order chi connectivity index (χ0) is 27.2. The van der Waals surface area contributed by atoms with Gasteiger partial charge in [-0.3, -0.25) is 4.79 Å². The van der Waals surface area contributed by atoms with E-state index in [1.165, 1.54) is 17.5 Å². The fourth-order valence-corrected chi connectivity index (χ4v) is 4.89. The van der Waals surface area contributed by atoms with E-state index < -0.39 is 0 Å². The number of likely N-dealkylation sites (tertiary alicyclic amines) is 1. The van der Waals surface area contributed by atoms with Gasteiger partial charge in [-0.2, -0.15) is 5.10 Å². The molecule has 7 heteroatoms. The number of aryl methyl sites for hydroxylation is 2. The molecule has 0 unspecified atom stereocenters. The summed E-state index contributed by atoms with van der Waals surface area (Å²) in [6.45, 7) is 3.70. The van der Waals surface area contributed by atoms with Crippen molar-refractivity contribution in [3.05, 3.63) is 90.1 Å². The lowest BCUT2D eigenvalue weighted by Crippen LogP contribution is -2.38. The molecule has 0 spiro atoms. The Kier molecular flexibility index (Phi) is 8.06. The summed E-state index contributed by atoms with van der Waals surface area (Å²) in [5, 5.41) is 10.6. The standard InChI is InChI=1S/C32H35N5O2/c1-23-6-8-24(9-7-23)25-10-12-26(13-11-25)30-22-28(16-19-31(38)33-2)35-37(30)29-17-14-27(15-18-29)34-32(39)36-20-4-3-5-21-36/h6-15,17-18,22H,3-5,16,19-21H2,1-2H3,(H,33,38)(H,34,39). The average Bonchev–Trinajstić information content (AvgIpc) is 3.41. The number of nitrogens with one attached hydrogen (secondary N) is 2. The zero-order valence-corrected chi connectivity index (χ0v) is 22.6. The van der Waals surface area contributed by atoms with Gasteiger partial charge in [-0.1, -0.05) is 54.1 Å². The topological polar surface area (TPSA) is 79.3 Å². The zero-order valence-electron chi connectivity index (χ0n) is 22.6. The van der Waals surface area contributed by atoms with Crippen molar-refractivity contribution in [1.82, 2.24) is 20.0 Å². The molecule has 5 rings (SSSR count). The second-order valence-electron chi connectivity index (χ2n) is 10.1. The van der Waals surface area contributed by atoms with Crippen molar-refractivity contribution in [2.24, 2.45) is 0 Å². The number of carbonyl (C=O) groups is 2. The molecule has 0 aliphatic carbocycles. The van der Waals surface area contributed by atoms with E-state index in [2.05, 4.69) is 72.2 Å². The number of hydrogen-bond donors (Lipinski definition) is 2. The molecule has 7 nitrogen and oxygen atoms in total. The fourth-order valence-electron chi connectivity index (χ4n) is 4.89. The van der Waals surface area contributed by atoms with E-state index in [0.29, 0.717) is 12.8 Å². The third-order valence-corrected chi connectivity index (χ3v) is 7.22. The van der Waals surface area contributed by atoms with E-state index in [4.69, 9.17) is 5.10 Å². The van der Waals surface area contributed by atoms with Crippen molar-refractivity contribution in [3.63, 3.8) is 0 Å². The van der Waals surface area contributed by atoms with Crippen molar-refractivity contribution in [2.45, 2.75) is 39.0 Å². The number of amides is 3. The number of benzene rings is 3. The minimum atomic E-state index is -0.0487. The highest BCUT2D eigenvalue weighted by Gasteiger charge is 2.17. The van der Waals surface area contributed by atoms with Crippen LogP contribution >= 0.6 is 0 Å². The Morgan fingerprint density at radius 1 is 0.821 bits per heavy atom. The maximum Gasteiger partial charge on any atom is 0.321 e. The van der Waals surface area contributed by atoms with Crippen LogP contribution in [-0.4, -0.2) is 46.8 Å². The molecule has 2 N–H and O–H groups in total. The minimum absolute atomic E-state index is 0.0117. The first kappa shape index (κ1) is 26.2. The number of rotatable bonds is 7. The van der Waals surface area contributed by atoms with Crippen LogP contribution in [0.5, 0.6) is 0 Å². The van der Waals surface area contributed by atoms with E-state index in [1.807, 2.05) is 33.8 Å². The molecule has 39 heavy (non-hydrogen) atoms. The Morgan fingerprint density at radius 3 is 2.08 bits per heavy atom. The summed E-state index contributed by atoms with van der Waals surface area (Å²) in [5.41, 5.74) is 8.03. The lowest BCUT2D eigenvalue weighted by molar-refractivity contribution is -0.120. The van der Waals surface area contributed by atoms with Crippen LogP contribution in [-0.2, 0) is 11.2 Å². The minimum Gasteiger partial charge on any atom is -0.359 e. The monoisotopic (exact) mass is 521 g/mol. The molecule has 1 aliphatic rings. The van der Waals surface area contributed by atoms with E-state index >= 15 is 0 Å². The van der Waals surface area contributed by atoms with Crippen LogP contribution < -0.4 is 10.6 Å². The third-order valence-electron chi connectivity index (χ3n) is 7.22. The molecule has 200 valence electrons. The Hall–Kier alpha value is -4.39. The molecular formula is C32H35N5O2. The molecule has 1 aliphatic heterocycles. The van der Waals surface area contributed by atoms with Crippen LogP contribution in [0, 0.1) is 6.92 Å². The lowest BCUT2D eigenvalue weighted by Gasteiger charge is -2.26. The van der Waals surface area contributed by atoms with Gasteiger partial charge in [0.15, 0.2) is 0 Å². The predicted molar refractivity (Wildman–Crippen MR) is 156 cm³/mol. The Morgan fingerprint density at radius 2 is 1.44 bits per heavy atom. The van der Waals surface area contributed by atoms with Crippen LogP contribution in [0.2, 0.25) is 0 Å². The van der Waals surface area contributed by atoms with E-state index in [1.54, 1.807) is 7.05 Å². The van der Waals surface area contributed by atoms with Gasteiger partial charge in [-0.15, -0.1) is 0 Å². The summed E-state index contributed by atoms with van der Waals surface area (Å²) < 4.78 is 1.91. The molecule has 3 aromatic carbocycles. The molecular weight excluding hydrogens is 486 g/mol. The first-order chi connectivity index (χ1) is 19.0. The Labute approximate surface area is 229 Å². The van der Waals surface area contributed by atoms with Gasteiger partial charge in [0.2, 0.25) is 5.91 Å². The number of hydrogen-bond acceptors (Lipinski definition) is 3. The number of carbonyl (C=O) groups excluding carboxylic acids is 2. The van der Waals surface area contributed by atoms with E-state index in [9.17, 15) is 9.59 Å². The number of anilines is 1. The van der Waals surface area contributed by atoms with Gasteiger partial charge in [0.25, 0.3) is 0 Å². The predicted octanol–water partition coefficient (Wildman–Crippen LogP) is 6.21. The maximum absolute atomic E-state index is 12.6. The number of urea groups is 1. The quantitative estimate of drug-likeness (QED) is 0.303. The number of nitrogens with zero attached hydrogens (tertiary/aromatic N) is 3. The normalized spacial score (nSPS) is 13.2. The summed E-state index contributed by atoms with van der Waals surface area (Å²) in [5.74, 6) is -0.0117. The summed E-state index contributed by atoms with van der Waals surface area (Å²) in [7, 11) is 1.65. The molecule has 0 radical (unpaired) electrons. The van der Waals surface area contributed by atoms with Crippen molar-refractivity contribution in [1.29, 1.82) is 0 Å². The number of aromatic nitrogens is 2. The van der Waals surface area contributed by atoms with Crippen molar-refractivity contribution in [3.8, 4) is 28.1 Å². The molecule has 0 saturated carbocycles. The molecule has 3 amide bonds. The van der Waals surface area contributed by atoms with Gasteiger partial charge < -0.3 is 15.5 Å². The van der Waals surface area contributed by atoms with Crippen molar-refractivity contribution >= 4 is 17.6 Å². The first-order valence-electron chi connectivity index (χ1n) is 13.6. The molecule has 2 heterocycles. The first-order valence-corrected chi connectivity index (χ1v) is 13.6. The molecule has 1 aromatic heterocycles. The Bertz CT molecular complexity index is 1420. The summed E-state index contributed by atoms with van der Waals surface area (Å²) >= 11 is 0. The molecule has 0 atom stereocenters. The third kappa shape index (κ3) is 6.37. The highest BCUT2D eigenvalue weighted by molar-refractivity contribution is 5.89. The van der Waals surface area contributed by atoms with E-state index in [0.717, 1.165) is 59.8 Å². The van der Waals surface area contributed by atoms with E-state index in [-0.39, 0.29) is 11.9 Å². The van der Waals surface area contributed by atoms with Crippen LogP contribution in [0.4, 0.5) is 10.5 Å². The molecule has 0 bridgehead atoms. The fraction of sp³-hybridized carbons (Fsp3) is 0.281. The maximum atomic E-state index is 12.6. The number of piperidine rings is 1. The van der Waals surface area contributed by atoms with Crippen LogP contribution in [0.1, 0.15) is 36.9 Å². The highest BCUT2D eigenvalue weighted by Crippen LogP contribution is 2.28. The Balaban J connectivity index is 1.40. The SMILES string of the molecule is CNC(=O)CCc1cc(-c2ccc(-c3ccc(C)cc3)cc2)n(-c2ccc(NC(=O)N3CCCCC3)cc2)n1. The second kappa shape index (κ2) is 12.0. The summed E-state index contributed by atoms with van der Waals surface area (Å²) in [6.07, 6.45) is 4.22. The molecule has 1 saturated heterocycles. The highest BCUT2D eigenvalue weighted by atomic mass is 16.2. The summed E-state index contributed by atoms with van der Waals surface area (Å²) in [4.78, 5) is 26.4. The van der Waals surface area contributed by atoms with Gasteiger partial charge in [-0.05, 0) is 67.6 Å². The lowest BCUT2D eigenvalue weighted by atomic mass is 10.0. The molecule has 1 fully saturated rings. The smallest absolute Gasteiger partial charge is 0.321 e. The van der Waals surface area contributed by atoms with Gasteiger partial charge >= 0.3 is 6.03 Å². The van der Waals surface area contributed by atoms with Crippen molar-refractivity contribution < 1.29 is 9.59 Å². The van der Waals surface area contributed by atoms with Gasteiger partial charge in [0.1, 0.15) is 0 Å². The second-order valence-corrected chi connectivity index (χ2v) is 10.1. The van der Waals surface area contributed by atoms with Gasteiger partial charge in [0, 0.05) is 44.2 Å². The largest absolute Gasteiger partial charge is 0.359 e.